The SMILES string of the molecule is CCCCCCCCNC(C)Cc1ccccc1OC. The number of para-hydroxylation sites is 1. The zero-order chi connectivity index (χ0) is 14.6. The van der Waals surface area contributed by atoms with Crippen molar-refractivity contribution in [1.82, 2.24) is 5.32 Å². The van der Waals surface area contributed by atoms with Crippen molar-refractivity contribution in [1.29, 1.82) is 0 Å². The zero-order valence-electron chi connectivity index (χ0n) is 13.5. The maximum Gasteiger partial charge on any atom is 0.122 e. The molecule has 0 bridgehead atoms. The standard InChI is InChI=1S/C18H31NO/c1-4-5-6-7-8-11-14-19-16(2)15-17-12-9-10-13-18(17)20-3/h9-10,12-13,16,19H,4-8,11,14-15H2,1-3H3. The molecule has 0 aliphatic heterocycles. The second-order valence-corrected chi connectivity index (χ2v) is 5.64. The van der Waals surface area contributed by atoms with E-state index in [1.807, 2.05) is 12.1 Å². The molecule has 20 heavy (non-hydrogen) atoms. The predicted octanol–water partition coefficient (Wildman–Crippen LogP) is 4.58. The van der Waals surface area contributed by atoms with Gasteiger partial charge in [-0.15, -0.1) is 0 Å². The molecular formula is C18H31NO. The lowest BCUT2D eigenvalue weighted by Gasteiger charge is -2.15. The van der Waals surface area contributed by atoms with Crippen molar-refractivity contribution < 1.29 is 4.74 Å². The molecule has 1 atom stereocenters. The largest absolute Gasteiger partial charge is 0.496 e. The van der Waals surface area contributed by atoms with Gasteiger partial charge in [0.1, 0.15) is 5.75 Å². The number of benzene rings is 1. The second kappa shape index (κ2) is 10.7. The highest BCUT2D eigenvalue weighted by Gasteiger charge is 2.06. The molecule has 1 aromatic rings. The second-order valence-electron chi connectivity index (χ2n) is 5.64. The summed E-state index contributed by atoms with van der Waals surface area (Å²) in [7, 11) is 1.74. The molecule has 1 unspecified atom stereocenters. The van der Waals surface area contributed by atoms with Gasteiger partial charge in [0.05, 0.1) is 7.11 Å². The fourth-order valence-electron chi connectivity index (χ4n) is 2.53. The van der Waals surface area contributed by atoms with E-state index in [2.05, 4.69) is 31.3 Å². The summed E-state index contributed by atoms with van der Waals surface area (Å²) in [6.45, 7) is 5.65. The zero-order valence-corrected chi connectivity index (χ0v) is 13.5. The number of methoxy groups -OCH3 is 1. The Morgan fingerprint density at radius 2 is 1.75 bits per heavy atom. The summed E-state index contributed by atoms with van der Waals surface area (Å²) in [5, 5.41) is 3.62. The molecule has 0 aliphatic carbocycles. The first kappa shape index (κ1) is 17.0. The highest BCUT2D eigenvalue weighted by Crippen LogP contribution is 2.18. The fraction of sp³-hybridized carbons (Fsp3) is 0.667. The van der Waals surface area contributed by atoms with Crippen LogP contribution >= 0.6 is 0 Å². The average Bonchev–Trinajstić information content (AvgIpc) is 2.47. The third-order valence-corrected chi connectivity index (χ3v) is 3.74. The Kier molecular flexibility index (Phi) is 9.14. The van der Waals surface area contributed by atoms with Crippen LogP contribution in [0, 0.1) is 0 Å². The van der Waals surface area contributed by atoms with Crippen LogP contribution in [0.5, 0.6) is 5.75 Å². The van der Waals surface area contributed by atoms with Gasteiger partial charge >= 0.3 is 0 Å². The summed E-state index contributed by atoms with van der Waals surface area (Å²) < 4.78 is 5.40. The van der Waals surface area contributed by atoms with Gasteiger partial charge < -0.3 is 10.1 Å². The molecule has 1 N–H and O–H groups in total. The van der Waals surface area contributed by atoms with E-state index >= 15 is 0 Å². The Bertz CT molecular complexity index is 351. The third kappa shape index (κ3) is 6.95. The van der Waals surface area contributed by atoms with Gasteiger partial charge in [-0.3, -0.25) is 0 Å². The van der Waals surface area contributed by atoms with E-state index in [-0.39, 0.29) is 0 Å². The highest BCUT2D eigenvalue weighted by molar-refractivity contribution is 5.33. The number of hydrogen-bond donors (Lipinski definition) is 1. The van der Waals surface area contributed by atoms with Crippen molar-refractivity contribution in [3.8, 4) is 5.75 Å². The normalized spacial score (nSPS) is 12.3. The summed E-state index contributed by atoms with van der Waals surface area (Å²) >= 11 is 0. The molecule has 1 rings (SSSR count). The van der Waals surface area contributed by atoms with Crippen LogP contribution in [0.4, 0.5) is 0 Å². The van der Waals surface area contributed by atoms with Crippen molar-refractivity contribution in [3.05, 3.63) is 29.8 Å². The molecule has 0 saturated carbocycles. The summed E-state index contributed by atoms with van der Waals surface area (Å²) in [6.07, 6.45) is 9.17. The quantitative estimate of drug-likeness (QED) is 0.598. The van der Waals surface area contributed by atoms with E-state index in [0.717, 1.165) is 18.7 Å². The maximum atomic E-state index is 5.40. The lowest BCUT2D eigenvalue weighted by molar-refractivity contribution is 0.405. The van der Waals surface area contributed by atoms with E-state index in [4.69, 9.17) is 4.74 Å². The third-order valence-electron chi connectivity index (χ3n) is 3.74. The number of rotatable bonds is 11. The molecule has 1 aromatic carbocycles. The molecule has 0 amide bonds. The first-order valence-corrected chi connectivity index (χ1v) is 8.13. The number of nitrogens with one attached hydrogen (secondary N) is 1. The van der Waals surface area contributed by atoms with Gasteiger partial charge in [0.15, 0.2) is 0 Å². The first-order chi connectivity index (χ1) is 9.77. The lowest BCUT2D eigenvalue weighted by atomic mass is 10.1. The number of ether oxygens (including phenoxy) is 1. The summed E-state index contributed by atoms with van der Waals surface area (Å²) in [5.74, 6) is 1.00. The van der Waals surface area contributed by atoms with Crippen molar-refractivity contribution in [3.63, 3.8) is 0 Å². The van der Waals surface area contributed by atoms with Crippen LogP contribution in [-0.2, 0) is 6.42 Å². The average molecular weight is 277 g/mol. The van der Waals surface area contributed by atoms with Gasteiger partial charge in [-0.05, 0) is 37.9 Å². The van der Waals surface area contributed by atoms with Crippen LogP contribution in [0.1, 0.15) is 57.9 Å². The number of unbranched alkanes of at least 4 members (excludes halogenated alkanes) is 5. The molecular weight excluding hydrogens is 246 g/mol. The Morgan fingerprint density at radius 3 is 2.50 bits per heavy atom. The van der Waals surface area contributed by atoms with Gasteiger partial charge in [-0.1, -0.05) is 57.2 Å². The number of hydrogen-bond acceptors (Lipinski definition) is 2. The minimum absolute atomic E-state index is 0.502. The van der Waals surface area contributed by atoms with Crippen LogP contribution in [0.15, 0.2) is 24.3 Å². The monoisotopic (exact) mass is 277 g/mol. The summed E-state index contributed by atoms with van der Waals surface area (Å²) in [6, 6.07) is 8.80. The van der Waals surface area contributed by atoms with E-state index in [1.54, 1.807) is 7.11 Å². The molecule has 2 heteroatoms. The molecule has 0 radical (unpaired) electrons. The predicted molar refractivity (Wildman–Crippen MR) is 87.5 cm³/mol. The minimum Gasteiger partial charge on any atom is -0.496 e. The molecule has 0 heterocycles. The van der Waals surface area contributed by atoms with Crippen molar-refractivity contribution in [2.24, 2.45) is 0 Å². The van der Waals surface area contributed by atoms with E-state index in [0.29, 0.717) is 6.04 Å². The van der Waals surface area contributed by atoms with Gasteiger partial charge in [-0.25, -0.2) is 0 Å². The smallest absolute Gasteiger partial charge is 0.122 e. The summed E-state index contributed by atoms with van der Waals surface area (Å²) in [5.41, 5.74) is 1.29. The molecule has 114 valence electrons. The molecule has 0 aliphatic rings. The van der Waals surface area contributed by atoms with Crippen LogP contribution in [0.2, 0.25) is 0 Å². The maximum absolute atomic E-state index is 5.40. The van der Waals surface area contributed by atoms with Crippen LogP contribution in [0.3, 0.4) is 0 Å². The molecule has 2 nitrogen and oxygen atoms in total. The molecule has 0 aromatic heterocycles. The van der Waals surface area contributed by atoms with E-state index in [1.165, 1.54) is 44.1 Å². The van der Waals surface area contributed by atoms with Crippen LogP contribution in [-0.4, -0.2) is 19.7 Å². The minimum atomic E-state index is 0.502. The Morgan fingerprint density at radius 1 is 1.05 bits per heavy atom. The van der Waals surface area contributed by atoms with Crippen molar-refractivity contribution >= 4 is 0 Å². The van der Waals surface area contributed by atoms with Gasteiger partial charge in [0.2, 0.25) is 0 Å². The Labute approximate surface area is 124 Å². The van der Waals surface area contributed by atoms with Gasteiger partial charge in [-0.2, -0.15) is 0 Å². The van der Waals surface area contributed by atoms with Crippen molar-refractivity contribution in [2.45, 2.75) is 64.8 Å². The van der Waals surface area contributed by atoms with Crippen LogP contribution < -0.4 is 10.1 Å². The van der Waals surface area contributed by atoms with E-state index in [9.17, 15) is 0 Å². The van der Waals surface area contributed by atoms with Gasteiger partial charge in [0.25, 0.3) is 0 Å². The summed E-state index contributed by atoms with van der Waals surface area (Å²) in [4.78, 5) is 0. The Balaban J connectivity index is 2.15. The van der Waals surface area contributed by atoms with E-state index < -0.39 is 0 Å². The topological polar surface area (TPSA) is 21.3 Å². The molecule has 0 fully saturated rings. The molecule has 0 spiro atoms. The lowest BCUT2D eigenvalue weighted by Crippen LogP contribution is -2.29. The van der Waals surface area contributed by atoms with Gasteiger partial charge in [0, 0.05) is 6.04 Å². The Hall–Kier alpha value is -1.02. The van der Waals surface area contributed by atoms with Crippen molar-refractivity contribution in [2.75, 3.05) is 13.7 Å². The van der Waals surface area contributed by atoms with Crippen LogP contribution in [0.25, 0.3) is 0 Å². The molecule has 0 saturated heterocycles. The highest BCUT2D eigenvalue weighted by atomic mass is 16.5. The first-order valence-electron chi connectivity index (χ1n) is 8.13. The fourth-order valence-corrected chi connectivity index (χ4v) is 2.53.